The number of carbonyl (C=O) groups excluding carboxylic acids is 3. The number of carboxylic acids is 1. The van der Waals surface area contributed by atoms with Gasteiger partial charge in [-0.1, -0.05) is 0 Å². The Morgan fingerprint density at radius 2 is 1.76 bits per heavy atom. The first-order valence-corrected chi connectivity index (χ1v) is 8.35. The Bertz CT molecular complexity index is 544. The number of ether oxygens (including phenoxy) is 1. The molecule has 6 N–H and O–H groups in total. The van der Waals surface area contributed by atoms with Crippen LogP contribution < -0.4 is 16.8 Å². The van der Waals surface area contributed by atoms with E-state index in [1.165, 1.54) is 0 Å². The molecule has 2 saturated carbocycles. The first-order chi connectivity index (χ1) is 11.7. The van der Waals surface area contributed by atoms with E-state index in [0.717, 1.165) is 32.8 Å². The van der Waals surface area contributed by atoms with Crippen LogP contribution in [0.3, 0.4) is 0 Å². The number of hydrogen-bond acceptors (Lipinski definition) is 8. The van der Waals surface area contributed by atoms with Crippen molar-refractivity contribution in [3.8, 4) is 0 Å². The Morgan fingerprint density at radius 1 is 1.24 bits per heavy atom. The Morgan fingerprint density at radius 3 is 2.12 bits per heavy atom. The summed E-state index contributed by atoms with van der Waals surface area (Å²) in [4.78, 5) is 47.2. The van der Waals surface area contributed by atoms with Crippen LogP contribution in [0.15, 0.2) is 0 Å². The maximum Gasteiger partial charge on any atom is 0.342 e. The minimum atomic E-state index is -2.20. The molecule has 1 unspecified atom stereocenters. The van der Waals surface area contributed by atoms with E-state index >= 15 is 0 Å². The van der Waals surface area contributed by atoms with E-state index < -0.39 is 36.1 Å². The molecule has 0 spiro atoms. The molecule has 0 aromatic carbocycles. The lowest BCUT2D eigenvalue weighted by atomic mass is 9.83. The number of nitrogens with two attached hydrogens (primary N) is 2. The molecular weight excluding hydrogens is 330 g/mol. The summed E-state index contributed by atoms with van der Waals surface area (Å²) in [5.41, 5.74) is 9.57. The third-order valence-corrected chi connectivity index (χ3v) is 4.83. The Hall–Kier alpha value is -1.84. The summed E-state index contributed by atoms with van der Waals surface area (Å²) in [6.45, 7) is 0. The van der Waals surface area contributed by atoms with Gasteiger partial charge in [-0.05, 0) is 37.5 Å². The number of carbonyl (C=O) groups is 4. The molecule has 0 aromatic rings. The van der Waals surface area contributed by atoms with E-state index in [0.29, 0.717) is 6.29 Å². The summed E-state index contributed by atoms with van der Waals surface area (Å²) >= 11 is 0. The van der Waals surface area contributed by atoms with Crippen molar-refractivity contribution >= 4 is 24.0 Å². The number of methoxy groups -OCH3 is 1. The second-order valence-corrected chi connectivity index (χ2v) is 6.97. The second kappa shape index (κ2) is 7.59. The van der Waals surface area contributed by atoms with Crippen LogP contribution in [0.1, 0.15) is 32.1 Å². The Kier molecular flexibility index (Phi) is 5.91. The van der Waals surface area contributed by atoms with Crippen molar-refractivity contribution < 1.29 is 29.0 Å². The lowest BCUT2D eigenvalue weighted by Gasteiger charge is -2.34. The number of carboxylic acid groups (broad SMARTS) is 1. The summed E-state index contributed by atoms with van der Waals surface area (Å²) in [6.07, 6.45) is 3.50. The zero-order valence-corrected chi connectivity index (χ0v) is 14.1. The van der Waals surface area contributed by atoms with Crippen molar-refractivity contribution in [3.05, 3.63) is 0 Å². The van der Waals surface area contributed by atoms with Gasteiger partial charge in [-0.15, -0.1) is 0 Å². The SMILES string of the molecule is COC(=O)C(N)(N)C(N[C@H](C=O)CC(=O)O)C(=O)C(C1CC1)C1CC1. The fourth-order valence-corrected chi connectivity index (χ4v) is 3.25. The molecule has 140 valence electrons. The molecule has 9 heteroatoms. The van der Waals surface area contributed by atoms with Gasteiger partial charge in [-0.2, -0.15) is 0 Å². The standard InChI is InChI=1S/C16H25N3O6/c1-25-15(24)16(17,18)14(19-10(7-20)6-11(21)22)13(23)12(8-2-3-8)9-4-5-9/h7-10,12,14,19H,2-6,17-18H2,1H3,(H,21,22)/t10-,14?/m0/s1. The molecule has 2 atom stereocenters. The van der Waals surface area contributed by atoms with Crippen molar-refractivity contribution in [2.75, 3.05) is 7.11 Å². The molecule has 0 amide bonds. The van der Waals surface area contributed by atoms with Crippen LogP contribution in [0.5, 0.6) is 0 Å². The average molecular weight is 355 g/mol. The highest BCUT2D eigenvalue weighted by Gasteiger charge is 2.53. The maximum atomic E-state index is 13.1. The lowest BCUT2D eigenvalue weighted by Crippen LogP contribution is -2.73. The van der Waals surface area contributed by atoms with E-state index in [4.69, 9.17) is 16.6 Å². The highest BCUT2D eigenvalue weighted by atomic mass is 16.5. The van der Waals surface area contributed by atoms with Gasteiger partial charge < -0.3 is 26.1 Å². The van der Waals surface area contributed by atoms with Gasteiger partial charge in [-0.3, -0.25) is 14.9 Å². The van der Waals surface area contributed by atoms with Crippen molar-refractivity contribution in [3.63, 3.8) is 0 Å². The molecule has 2 aliphatic rings. The van der Waals surface area contributed by atoms with Crippen molar-refractivity contribution in [2.45, 2.75) is 49.9 Å². The molecule has 0 radical (unpaired) electrons. The largest absolute Gasteiger partial charge is 0.481 e. The number of rotatable bonds is 11. The maximum absolute atomic E-state index is 13.1. The molecule has 9 nitrogen and oxygen atoms in total. The summed E-state index contributed by atoms with van der Waals surface area (Å²) in [7, 11) is 1.09. The predicted molar refractivity (Wildman–Crippen MR) is 86.1 cm³/mol. The quantitative estimate of drug-likeness (QED) is 0.202. The smallest absolute Gasteiger partial charge is 0.342 e. The number of esters is 1. The van der Waals surface area contributed by atoms with Crippen LogP contribution in [0, 0.1) is 17.8 Å². The van der Waals surface area contributed by atoms with Gasteiger partial charge in [0, 0.05) is 5.92 Å². The molecule has 0 aliphatic heterocycles. The molecule has 0 aromatic heterocycles. The molecular formula is C16H25N3O6. The van der Waals surface area contributed by atoms with Crippen LogP contribution in [0.4, 0.5) is 0 Å². The van der Waals surface area contributed by atoms with Gasteiger partial charge >= 0.3 is 11.9 Å². The number of aldehydes is 1. The van der Waals surface area contributed by atoms with Gasteiger partial charge in [0.25, 0.3) is 0 Å². The van der Waals surface area contributed by atoms with Crippen molar-refractivity contribution in [1.29, 1.82) is 0 Å². The molecule has 25 heavy (non-hydrogen) atoms. The van der Waals surface area contributed by atoms with E-state index in [1.54, 1.807) is 0 Å². The fourth-order valence-electron chi connectivity index (χ4n) is 3.25. The molecule has 2 fully saturated rings. The summed E-state index contributed by atoms with van der Waals surface area (Å²) in [5, 5.41) is 11.5. The van der Waals surface area contributed by atoms with E-state index in [-0.39, 0.29) is 23.5 Å². The third-order valence-electron chi connectivity index (χ3n) is 4.83. The number of hydrogen-bond donors (Lipinski definition) is 4. The number of Topliss-reactive ketones (excluding diaryl/α,β-unsaturated/α-hetero) is 1. The van der Waals surface area contributed by atoms with Crippen molar-refractivity contribution in [1.82, 2.24) is 5.32 Å². The first kappa shape index (κ1) is 19.5. The fraction of sp³-hybridized carbons (Fsp3) is 0.750. The molecule has 0 heterocycles. The number of aliphatic carboxylic acids is 1. The molecule has 2 rings (SSSR count). The molecule has 0 saturated heterocycles. The topological polar surface area (TPSA) is 162 Å². The number of nitrogens with one attached hydrogen (secondary N) is 1. The van der Waals surface area contributed by atoms with Crippen molar-refractivity contribution in [2.24, 2.45) is 29.2 Å². The predicted octanol–water partition coefficient (Wildman–Crippen LogP) is -1.22. The third kappa shape index (κ3) is 4.62. The summed E-state index contributed by atoms with van der Waals surface area (Å²) < 4.78 is 4.59. The first-order valence-electron chi connectivity index (χ1n) is 8.35. The Balaban J connectivity index is 2.26. The zero-order chi connectivity index (χ0) is 18.8. The van der Waals surface area contributed by atoms with E-state index in [9.17, 15) is 19.2 Å². The minimum absolute atomic E-state index is 0.229. The van der Waals surface area contributed by atoms with Crippen LogP contribution >= 0.6 is 0 Å². The van der Waals surface area contributed by atoms with E-state index in [2.05, 4.69) is 10.1 Å². The second-order valence-electron chi connectivity index (χ2n) is 6.97. The molecule has 0 bridgehead atoms. The lowest BCUT2D eigenvalue weighted by molar-refractivity contribution is -0.151. The van der Waals surface area contributed by atoms with Crippen LogP contribution in [-0.2, 0) is 23.9 Å². The average Bonchev–Trinajstić information content (AvgIpc) is 3.44. The van der Waals surface area contributed by atoms with Crippen LogP contribution in [-0.4, -0.2) is 54.0 Å². The van der Waals surface area contributed by atoms with Crippen LogP contribution in [0.25, 0.3) is 0 Å². The monoisotopic (exact) mass is 355 g/mol. The van der Waals surface area contributed by atoms with Gasteiger partial charge in [0.1, 0.15) is 12.3 Å². The van der Waals surface area contributed by atoms with Gasteiger partial charge in [0.15, 0.2) is 11.4 Å². The highest BCUT2D eigenvalue weighted by molar-refractivity contribution is 5.96. The van der Waals surface area contributed by atoms with Gasteiger partial charge in [0.2, 0.25) is 0 Å². The molecule has 2 aliphatic carbocycles. The highest BCUT2D eigenvalue weighted by Crippen LogP contribution is 2.50. The minimum Gasteiger partial charge on any atom is -0.481 e. The zero-order valence-electron chi connectivity index (χ0n) is 14.1. The summed E-state index contributed by atoms with van der Waals surface area (Å²) in [5.74, 6) is -2.42. The number of ketones is 1. The van der Waals surface area contributed by atoms with Gasteiger partial charge in [-0.25, -0.2) is 4.79 Å². The van der Waals surface area contributed by atoms with Crippen LogP contribution in [0.2, 0.25) is 0 Å². The Labute approximate surface area is 145 Å². The summed E-state index contributed by atoms with van der Waals surface area (Å²) in [6, 6.07) is -2.60. The normalized spacial score (nSPS) is 20.0. The van der Waals surface area contributed by atoms with E-state index in [1.807, 2.05) is 0 Å². The van der Waals surface area contributed by atoms with Gasteiger partial charge in [0.05, 0.1) is 19.6 Å².